The normalized spacial score (nSPS) is 33.2. The Morgan fingerprint density at radius 2 is 1.68 bits per heavy atom. The molecule has 22 heavy (non-hydrogen) atoms. The minimum atomic E-state index is -0.256. The van der Waals surface area contributed by atoms with E-state index in [1.165, 1.54) is 34.8 Å². The molecule has 2 unspecified atom stereocenters. The lowest BCUT2D eigenvalue weighted by Gasteiger charge is -2.28. The predicted molar refractivity (Wildman–Crippen MR) is 98.0 cm³/mol. The van der Waals surface area contributed by atoms with Gasteiger partial charge in [-0.05, 0) is 90.6 Å². The molecule has 1 saturated carbocycles. The average molecular weight is 412 g/mol. The molecule has 1 heterocycles. The number of ether oxygens (including phenoxy) is 1. The third kappa shape index (κ3) is 4.56. The molecule has 0 amide bonds. The summed E-state index contributed by atoms with van der Waals surface area (Å²) in [6, 6.07) is 9.03. The van der Waals surface area contributed by atoms with Crippen LogP contribution >= 0.6 is 22.6 Å². The number of hydrogen-bond acceptors (Lipinski definition) is 2. The van der Waals surface area contributed by atoms with Crippen molar-refractivity contribution in [2.75, 3.05) is 6.61 Å². The molecule has 120 valence electrons. The zero-order valence-corrected chi connectivity index (χ0v) is 15.1. The molecule has 0 aromatic heterocycles. The molecule has 0 spiro atoms. The van der Waals surface area contributed by atoms with Gasteiger partial charge in [-0.1, -0.05) is 24.3 Å². The van der Waals surface area contributed by atoms with Gasteiger partial charge in [-0.25, -0.2) is 0 Å². The van der Waals surface area contributed by atoms with Crippen molar-refractivity contribution in [3.8, 4) is 0 Å². The monoisotopic (exact) mass is 412 g/mol. The van der Waals surface area contributed by atoms with Gasteiger partial charge in [0.1, 0.15) is 0 Å². The van der Waals surface area contributed by atoms with Crippen LogP contribution < -0.4 is 0 Å². The van der Waals surface area contributed by atoms with Gasteiger partial charge in [0.25, 0.3) is 0 Å². The summed E-state index contributed by atoms with van der Waals surface area (Å²) in [5.41, 5.74) is 1.51. The molecule has 1 saturated heterocycles. The number of aliphatic hydroxyl groups excluding tert-OH is 1. The van der Waals surface area contributed by atoms with E-state index in [4.69, 9.17) is 4.74 Å². The summed E-state index contributed by atoms with van der Waals surface area (Å²) < 4.78 is 6.96. The Kier molecular flexibility index (Phi) is 5.94. The molecular weight excluding hydrogens is 387 g/mol. The number of rotatable bonds is 3. The quantitative estimate of drug-likeness (QED) is 0.578. The highest BCUT2D eigenvalue weighted by molar-refractivity contribution is 14.1. The molecule has 2 aliphatic rings. The van der Waals surface area contributed by atoms with Crippen LogP contribution in [0.2, 0.25) is 0 Å². The first-order valence-electron chi connectivity index (χ1n) is 8.44. The van der Waals surface area contributed by atoms with E-state index in [2.05, 4.69) is 59.0 Å². The van der Waals surface area contributed by atoms with E-state index in [0.29, 0.717) is 12.5 Å². The molecule has 3 heteroatoms. The van der Waals surface area contributed by atoms with Gasteiger partial charge in [0, 0.05) is 3.57 Å². The van der Waals surface area contributed by atoms with Crippen molar-refractivity contribution < 1.29 is 9.84 Å². The van der Waals surface area contributed by atoms with Crippen molar-refractivity contribution in [3.63, 3.8) is 0 Å². The maximum absolute atomic E-state index is 9.45. The fourth-order valence-electron chi connectivity index (χ4n) is 3.57. The third-order valence-electron chi connectivity index (χ3n) is 5.00. The molecule has 2 atom stereocenters. The fourth-order valence-corrected chi connectivity index (χ4v) is 3.93. The summed E-state index contributed by atoms with van der Waals surface area (Å²) in [7, 11) is 0. The van der Waals surface area contributed by atoms with E-state index in [9.17, 15) is 5.11 Å². The van der Waals surface area contributed by atoms with Crippen LogP contribution in [0.1, 0.15) is 50.0 Å². The van der Waals surface area contributed by atoms with E-state index in [1.54, 1.807) is 0 Å². The van der Waals surface area contributed by atoms with Crippen LogP contribution in [0.15, 0.2) is 36.4 Å². The number of benzene rings is 1. The van der Waals surface area contributed by atoms with Gasteiger partial charge in [-0.2, -0.15) is 0 Å². The molecule has 1 aliphatic heterocycles. The highest BCUT2D eigenvalue weighted by atomic mass is 127. The maximum Gasteiger partial charge on any atom is 0.0775 e. The number of halogens is 1. The summed E-state index contributed by atoms with van der Waals surface area (Å²) in [6.07, 6.45) is 11.5. The van der Waals surface area contributed by atoms with Crippen LogP contribution in [0.4, 0.5) is 0 Å². The van der Waals surface area contributed by atoms with Gasteiger partial charge in [-0.15, -0.1) is 0 Å². The summed E-state index contributed by atoms with van der Waals surface area (Å²) in [6.45, 7) is 0.495. The number of allylic oxidation sites excluding steroid dienone is 1. The molecule has 2 fully saturated rings. The van der Waals surface area contributed by atoms with Crippen molar-refractivity contribution in [2.45, 2.75) is 56.7 Å². The zero-order valence-electron chi connectivity index (χ0n) is 13.0. The van der Waals surface area contributed by atoms with Crippen LogP contribution in [-0.2, 0) is 4.74 Å². The molecule has 3 rings (SSSR count). The third-order valence-corrected chi connectivity index (χ3v) is 5.72. The van der Waals surface area contributed by atoms with Crippen LogP contribution in [0, 0.1) is 9.49 Å². The van der Waals surface area contributed by atoms with E-state index < -0.39 is 0 Å². The van der Waals surface area contributed by atoms with E-state index in [0.717, 1.165) is 18.8 Å². The Hall–Kier alpha value is -0.390. The Morgan fingerprint density at radius 1 is 0.955 bits per heavy atom. The molecule has 1 aromatic carbocycles. The molecule has 1 aliphatic carbocycles. The van der Waals surface area contributed by atoms with Crippen LogP contribution in [-0.4, -0.2) is 23.9 Å². The second kappa shape index (κ2) is 7.93. The molecule has 1 N–H and O–H groups in total. The summed E-state index contributed by atoms with van der Waals surface area (Å²) in [5, 5.41) is 9.45. The van der Waals surface area contributed by atoms with E-state index in [1.807, 2.05) is 0 Å². The van der Waals surface area contributed by atoms with Crippen molar-refractivity contribution in [2.24, 2.45) is 5.92 Å². The standard InChI is InChI=1S/C19H25IO2/c20-17-8-6-16(7-9-17)15-4-1-14(2-5-15)3-11-19-12-10-18(21)13-22-19/h3,6-9,11,14-15,18-19,21H,1-2,4-5,10,12-13H2/b11-3+. The second-order valence-electron chi connectivity index (χ2n) is 6.65. The summed E-state index contributed by atoms with van der Waals surface area (Å²) >= 11 is 2.37. The number of aliphatic hydroxyl groups is 1. The Labute approximate surface area is 147 Å². The molecular formula is C19H25IO2. The first-order valence-corrected chi connectivity index (χ1v) is 9.52. The van der Waals surface area contributed by atoms with Crippen LogP contribution in [0.25, 0.3) is 0 Å². The van der Waals surface area contributed by atoms with Gasteiger partial charge in [-0.3, -0.25) is 0 Å². The minimum Gasteiger partial charge on any atom is -0.391 e. The average Bonchev–Trinajstić information content (AvgIpc) is 2.56. The van der Waals surface area contributed by atoms with Gasteiger partial charge in [0.2, 0.25) is 0 Å². The topological polar surface area (TPSA) is 29.5 Å². The van der Waals surface area contributed by atoms with Gasteiger partial charge in [0.05, 0.1) is 18.8 Å². The maximum atomic E-state index is 9.45. The lowest BCUT2D eigenvalue weighted by Crippen LogP contribution is -2.28. The minimum absolute atomic E-state index is 0.220. The summed E-state index contributed by atoms with van der Waals surface area (Å²) in [4.78, 5) is 0. The highest BCUT2D eigenvalue weighted by Gasteiger charge is 2.22. The first-order chi connectivity index (χ1) is 10.7. The van der Waals surface area contributed by atoms with Gasteiger partial charge >= 0.3 is 0 Å². The molecule has 2 nitrogen and oxygen atoms in total. The number of hydrogen-bond donors (Lipinski definition) is 1. The predicted octanol–water partition coefficient (Wildman–Crippen LogP) is 4.66. The lowest BCUT2D eigenvalue weighted by atomic mass is 9.78. The van der Waals surface area contributed by atoms with E-state index >= 15 is 0 Å². The SMILES string of the molecule is OC1CCC(/C=C/C2CCC(c3ccc(I)cc3)CC2)OC1. The Balaban J connectivity index is 1.46. The molecule has 0 radical (unpaired) electrons. The van der Waals surface area contributed by atoms with Crippen molar-refractivity contribution in [1.29, 1.82) is 0 Å². The molecule has 1 aromatic rings. The molecule has 0 bridgehead atoms. The van der Waals surface area contributed by atoms with Gasteiger partial charge < -0.3 is 9.84 Å². The van der Waals surface area contributed by atoms with E-state index in [-0.39, 0.29) is 12.2 Å². The Morgan fingerprint density at radius 3 is 2.32 bits per heavy atom. The van der Waals surface area contributed by atoms with Crippen LogP contribution in [0.5, 0.6) is 0 Å². The zero-order chi connectivity index (χ0) is 15.4. The smallest absolute Gasteiger partial charge is 0.0775 e. The highest BCUT2D eigenvalue weighted by Crippen LogP contribution is 2.36. The largest absolute Gasteiger partial charge is 0.391 e. The second-order valence-corrected chi connectivity index (χ2v) is 7.90. The fraction of sp³-hybridized carbons (Fsp3) is 0.579. The van der Waals surface area contributed by atoms with Crippen molar-refractivity contribution in [1.82, 2.24) is 0 Å². The van der Waals surface area contributed by atoms with Crippen molar-refractivity contribution in [3.05, 3.63) is 45.6 Å². The Bertz CT molecular complexity index is 481. The van der Waals surface area contributed by atoms with Crippen LogP contribution in [0.3, 0.4) is 0 Å². The first kappa shape index (κ1) is 16.5. The summed E-state index contributed by atoms with van der Waals surface area (Å²) in [5.74, 6) is 1.44. The lowest BCUT2D eigenvalue weighted by molar-refractivity contribution is -0.0360. The van der Waals surface area contributed by atoms with Gasteiger partial charge in [0.15, 0.2) is 0 Å². The van der Waals surface area contributed by atoms with Crippen molar-refractivity contribution >= 4 is 22.6 Å².